The molecular weight excluding hydrogens is 146 g/mol. The first-order chi connectivity index (χ1) is 5.36. The first kappa shape index (κ1) is 8.55. The predicted octanol–water partition coefficient (Wildman–Crippen LogP) is 2.55. The minimum absolute atomic E-state index is 0.396. The van der Waals surface area contributed by atoms with Crippen molar-refractivity contribution in [3.05, 3.63) is 0 Å². The molecule has 12 heavy (non-hydrogen) atoms. The van der Waals surface area contributed by atoms with E-state index in [1.807, 2.05) is 0 Å². The fourth-order valence-corrected chi connectivity index (χ4v) is 4.04. The quantitative estimate of drug-likeness (QED) is 0.589. The second-order valence-corrected chi connectivity index (χ2v) is 5.91. The summed E-state index contributed by atoms with van der Waals surface area (Å²) in [4.78, 5) is 0. The van der Waals surface area contributed by atoms with E-state index in [9.17, 15) is 0 Å². The summed E-state index contributed by atoms with van der Waals surface area (Å²) in [7, 11) is 0. The molecule has 2 N–H and O–H groups in total. The molecule has 1 spiro atoms. The predicted molar refractivity (Wildman–Crippen MR) is 51.8 cm³/mol. The van der Waals surface area contributed by atoms with Gasteiger partial charge in [0.25, 0.3) is 0 Å². The van der Waals surface area contributed by atoms with E-state index in [1.54, 1.807) is 0 Å². The van der Waals surface area contributed by atoms with Gasteiger partial charge in [-0.2, -0.15) is 0 Å². The molecule has 0 radical (unpaired) electrons. The van der Waals surface area contributed by atoms with Crippen molar-refractivity contribution in [2.24, 2.45) is 22.0 Å². The molecule has 0 aromatic carbocycles. The van der Waals surface area contributed by atoms with Gasteiger partial charge >= 0.3 is 0 Å². The van der Waals surface area contributed by atoms with E-state index in [-0.39, 0.29) is 0 Å². The summed E-state index contributed by atoms with van der Waals surface area (Å²) >= 11 is 0. The van der Waals surface area contributed by atoms with Gasteiger partial charge in [-0.25, -0.2) is 0 Å². The zero-order valence-electron chi connectivity index (χ0n) is 8.78. The van der Waals surface area contributed by atoms with Crippen LogP contribution >= 0.6 is 0 Å². The van der Waals surface area contributed by atoms with Crippen LogP contribution < -0.4 is 5.73 Å². The summed E-state index contributed by atoms with van der Waals surface area (Å²) in [6.07, 6.45) is 4.10. The maximum atomic E-state index is 6.22. The molecule has 1 nitrogen and oxygen atoms in total. The summed E-state index contributed by atoms with van der Waals surface area (Å²) in [5, 5.41) is 0. The molecule has 70 valence electrons. The van der Waals surface area contributed by atoms with Crippen molar-refractivity contribution in [2.45, 2.75) is 53.0 Å². The molecule has 2 aliphatic carbocycles. The Morgan fingerprint density at radius 1 is 1.08 bits per heavy atom. The molecule has 0 aromatic rings. The molecule has 2 fully saturated rings. The number of hydrogen-bond acceptors (Lipinski definition) is 1. The van der Waals surface area contributed by atoms with Gasteiger partial charge in [0.1, 0.15) is 0 Å². The van der Waals surface area contributed by atoms with Crippen LogP contribution in [0.3, 0.4) is 0 Å². The Hall–Kier alpha value is -0.0400. The second kappa shape index (κ2) is 1.89. The van der Waals surface area contributed by atoms with Gasteiger partial charge in [0, 0.05) is 6.04 Å². The average molecular weight is 167 g/mol. The molecule has 1 heteroatoms. The molecule has 2 rings (SSSR count). The molecule has 2 saturated carbocycles. The lowest BCUT2D eigenvalue weighted by Gasteiger charge is -2.30. The molecule has 0 heterocycles. The van der Waals surface area contributed by atoms with Crippen LogP contribution in [0.1, 0.15) is 47.0 Å². The van der Waals surface area contributed by atoms with Crippen LogP contribution in [0, 0.1) is 16.2 Å². The van der Waals surface area contributed by atoms with E-state index in [2.05, 4.69) is 27.7 Å². The summed E-state index contributed by atoms with van der Waals surface area (Å²) in [5.41, 5.74) is 7.57. The Kier molecular flexibility index (Phi) is 1.35. The maximum Gasteiger partial charge on any atom is 0.0164 e. The Balaban J connectivity index is 2.36. The van der Waals surface area contributed by atoms with E-state index < -0.39 is 0 Å². The van der Waals surface area contributed by atoms with Gasteiger partial charge in [0.15, 0.2) is 0 Å². The summed E-state index contributed by atoms with van der Waals surface area (Å²) in [5.74, 6) is 0. The van der Waals surface area contributed by atoms with E-state index in [1.165, 1.54) is 19.3 Å². The second-order valence-electron chi connectivity index (χ2n) is 5.91. The SMILES string of the molecule is CC1(C)CCCC12C(N)C2(C)C. The van der Waals surface area contributed by atoms with Crippen LogP contribution in [0.15, 0.2) is 0 Å². The van der Waals surface area contributed by atoms with Crippen molar-refractivity contribution >= 4 is 0 Å². The van der Waals surface area contributed by atoms with Gasteiger partial charge in [-0.05, 0) is 29.1 Å². The first-order valence-corrected chi connectivity index (χ1v) is 5.12. The molecule has 0 aliphatic heterocycles. The third-order valence-electron chi connectivity index (χ3n) is 4.96. The highest BCUT2D eigenvalue weighted by Gasteiger charge is 2.75. The molecule has 0 saturated heterocycles. The fourth-order valence-electron chi connectivity index (χ4n) is 4.04. The van der Waals surface area contributed by atoms with E-state index >= 15 is 0 Å². The molecule has 0 aromatic heterocycles. The summed E-state index contributed by atoms with van der Waals surface area (Å²) < 4.78 is 0. The van der Waals surface area contributed by atoms with Crippen molar-refractivity contribution in [1.82, 2.24) is 0 Å². The zero-order valence-corrected chi connectivity index (χ0v) is 8.78. The molecular formula is C11H21N. The van der Waals surface area contributed by atoms with E-state index in [0.717, 1.165) is 0 Å². The summed E-state index contributed by atoms with van der Waals surface area (Å²) in [6, 6.07) is 0.447. The molecule has 0 amide bonds. The van der Waals surface area contributed by atoms with E-state index in [4.69, 9.17) is 5.73 Å². The normalized spacial score (nSPS) is 48.2. The lowest BCUT2D eigenvalue weighted by atomic mass is 9.74. The fraction of sp³-hybridized carbons (Fsp3) is 1.00. The first-order valence-electron chi connectivity index (χ1n) is 5.12. The van der Waals surface area contributed by atoms with Crippen LogP contribution in [0.5, 0.6) is 0 Å². The Bertz CT molecular complexity index is 217. The van der Waals surface area contributed by atoms with Gasteiger partial charge in [0.05, 0.1) is 0 Å². The average Bonchev–Trinajstić information content (AvgIpc) is 2.29. The largest absolute Gasteiger partial charge is 0.327 e. The van der Waals surface area contributed by atoms with Crippen LogP contribution in [0.4, 0.5) is 0 Å². The van der Waals surface area contributed by atoms with Gasteiger partial charge in [0.2, 0.25) is 0 Å². The highest BCUT2D eigenvalue weighted by Crippen LogP contribution is 2.76. The van der Waals surface area contributed by atoms with Gasteiger partial charge in [-0.1, -0.05) is 34.1 Å². The standard InChI is InChI=1S/C11H21N/c1-9(2)6-5-7-11(9)8(12)10(11,3)4/h8H,5-7,12H2,1-4H3. The van der Waals surface area contributed by atoms with E-state index in [0.29, 0.717) is 22.3 Å². The highest BCUT2D eigenvalue weighted by atomic mass is 14.9. The maximum absolute atomic E-state index is 6.22. The van der Waals surface area contributed by atoms with Crippen molar-refractivity contribution < 1.29 is 0 Å². The third-order valence-corrected chi connectivity index (χ3v) is 4.96. The molecule has 2 aliphatic rings. The Morgan fingerprint density at radius 3 is 1.75 bits per heavy atom. The minimum atomic E-state index is 0.396. The molecule has 0 bridgehead atoms. The van der Waals surface area contributed by atoms with Gasteiger partial charge in [-0.3, -0.25) is 0 Å². The van der Waals surface area contributed by atoms with Crippen LogP contribution in [0.25, 0.3) is 0 Å². The Morgan fingerprint density at radius 2 is 1.58 bits per heavy atom. The van der Waals surface area contributed by atoms with Crippen molar-refractivity contribution in [2.75, 3.05) is 0 Å². The lowest BCUT2D eigenvalue weighted by Crippen LogP contribution is -2.26. The summed E-state index contributed by atoms with van der Waals surface area (Å²) in [6.45, 7) is 9.47. The van der Waals surface area contributed by atoms with Crippen LogP contribution in [0.2, 0.25) is 0 Å². The number of hydrogen-bond donors (Lipinski definition) is 1. The topological polar surface area (TPSA) is 26.0 Å². The smallest absolute Gasteiger partial charge is 0.0164 e. The van der Waals surface area contributed by atoms with Gasteiger partial charge < -0.3 is 5.73 Å². The Labute approximate surface area is 75.7 Å². The monoisotopic (exact) mass is 167 g/mol. The van der Waals surface area contributed by atoms with Gasteiger partial charge in [-0.15, -0.1) is 0 Å². The lowest BCUT2D eigenvalue weighted by molar-refractivity contribution is 0.183. The minimum Gasteiger partial charge on any atom is -0.327 e. The number of rotatable bonds is 0. The zero-order chi connectivity index (χ0) is 9.20. The van der Waals surface area contributed by atoms with Crippen LogP contribution in [-0.2, 0) is 0 Å². The van der Waals surface area contributed by atoms with Crippen molar-refractivity contribution in [1.29, 1.82) is 0 Å². The third kappa shape index (κ3) is 0.618. The van der Waals surface area contributed by atoms with Crippen molar-refractivity contribution in [3.8, 4) is 0 Å². The molecule has 2 unspecified atom stereocenters. The number of nitrogens with two attached hydrogens (primary N) is 1. The highest BCUT2D eigenvalue weighted by molar-refractivity contribution is 5.27. The van der Waals surface area contributed by atoms with Crippen LogP contribution in [-0.4, -0.2) is 6.04 Å². The molecule has 2 atom stereocenters. The van der Waals surface area contributed by atoms with Crippen molar-refractivity contribution in [3.63, 3.8) is 0 Å².